The predicted octanol–water partition coefficient (Wildman–Crippen LogP) is 1.54. The van der Waals surface area contributed by atoms with Gasteiger partial charge in [-0.1, -0.05) is 12.2 Å². The fraction of sp³-hybridized carbons (Fsp3) is 0.500. The number of rotatable bonds is 3. The van der Waals surface area contributed by atoms with Gasteiger partial charge in [0.25, 0.3) is 0 Å². The molecule has 0 radical (unpaired) electrons. The number of nitrogens with one attached hydrogen (secondary N) is 2. The molecule has 3 heteroatoms. The van der Waals surface area contributed by atoms with Gasteiger partial charge in [-0.2, -0.15) is 0 Å². The van der Waals surface area contributed by atoms with Crippen molar-refractivity contribution in [2.75, 3.05) is 12.4 Å². The van der Waals surface area contributed by atoms with E-state index in [4.69, 9.17) is 0 Å². The number of aromatic nitrogens is 2. The summed E-state index contributed by atoms with van der Waals surface area (Å²) in [6, 6.07) is 0. The van der Waals surface area contributed by atoms with E-state index in [2.05, 4.69) is 21.9 Å². The van der Waals surface area contributed by atoms with Gasteiger partial charge in [-0.25, -0.2) is 4.98 Å². The largest absolute Gasteiger partial charge is 0.308 e. The predicted molar refractivity (Wildman–Crippen MR) is 60.9 cm³/mol. The van der Waals surface area contributed by atoms with Gasteiger partial charge in [0.2, 0.25) is 11.6 Å². The molecule has 2 N–H and O–H groups in total. The van der Waals surface area contributed by atoms with Crippen LogP contribution in [0.25, 0.3) is 0 Å². The van der Waals surface area contributed by atoms with Crippen molar-refractivity contribution in [3.63, 3.8) is 0 Å². The van der Waals surface area contributed by atoms with Crippen LogP contribution in [-0.4, -0.2) is 12.0 Å². The van der Waals surface area contributed by atoms with Gasteiger partial charge in [-0.05, 0) is 19.8 Å². The van der Waals surface area contributed by atoms with Crippen LogP contribution in [0.3, 0.4) is 0 Å². The summed E-state index contributed by atoms with van der Waals surface area (Å²) in [5.74, 6) is 2.15. The van der Waals surface area contributed by atoms with Gasteiger partial charge in [0.05, 0.1) is 12.0 Å². The molecule has 0 spiro atoms. The Bertz CT molecular complexity index is 396. The van der Waals surface area contributed by atoms with Gasteiger partial charge in [0.1, 0.15) is 5.69 Å². The molecule has 0 unspecified atom stereocenters. The molecule has 80 valence electrons. The molecule has 0 aromatic carbocycles. The number of hydrogen-bond acceptors (Lipinski definition) is 2. The molecule has 15 heavy (non-hydrogen) atoms. The Hall–Kier alpha value is -1.38. The van der Waals surface area contributed by atoms with Crippen molar-refractivity contribution in [3.8, 4) is 0 Å². The summed E-state index contributed by atoms with van der Waals surface area (Å²) in [5, 5.41) is 3.22. The first-order valence-electron chi connectivity index (χ1n) is 5.46. The van der Waals surface area contributed by atoms with Crippen LogP contribution in [0.1, 0.15) is 30.4 Å². The van der Waals surface area contributed by atoms with Crippen molar-refractivity contribution in [2.45, 2.75) is 32.6 Å². The summed E-state index contributed by atoms with van der Waals surface area (Å²) in [6.45, 7) is 5.95. The molecule has 1 aliphatic rings. The zero-order chi connectivity index (χ0) is 10.8. The fourth-order valence-corrected chi connectivity index (χ4v) is 2.11. The molecule has 3 nitrogen and oxygen atoms in total. The van der Waals surface area contributed by atoms with E-state index in [1.807, 2.05) is 14.0 Å². The minimum absolute atomic E-state index is 0.835. The van der Waals surface area contributed by atoms with Crippen molar-refractivity contribution in [2.24, 2.45) is 0 Å². The van der Waals surface area contributed by atoms with E-state index in [9.17, 15) is 0 Å². The van der Waals surface area contributed by atoms with Gasteiger partial charge in [-0.3, -0.25) is 0 Å². The highest BCUT2D eigenvalue weighted by molar-refractivity contribution is 5.43. The van der Waals surface area contributed by atoms with Crippen LogP contribution in [-0.2, 0) is 19.3 Å². The average molecular weight is 204 g/mol. The van der Waals surface area contributed by atoms with Crippen LogP contribution >= 0.6 is 0 Å². The van der Waals surface area contributed by atoms with E-state index in [0.717, 1.165) is 36.5 Å². The standard InChI is InChI=1S/C12H17N3/c1-8(2)7-11-14-10-6-4-5-9(10)12(13-3)15-11/h1,4-7H2,2-3H3,(H,13,14,15)/p+1. The minimum atomic E-state index is 0.835. The molecule has 1 aromatic heterocycles. The van der Waals surface area contributed by atoms with Crippen molar-refractivity contribution in [1.29, 1.82) is 0 Å². The number of allylic oxidation sites excluding steroid dienone is 1. The van der Waals surface area contributed by atoms with Crippen LogP contribution < -0.4 is 10.3 Å². The highest BCUT2D eigenvalue weighted by Gasteiger charge is 2.23. The molecule has 0 aliphatic heterocycles. The normalized spacial score (nSPS) is 13.7. The second kappa shape index (κ2) is 4.01. The number of H-pyrrole nitrogens is 1. The van der Waals surface area contributed by atoms with Crippen LogP contribution in [0, 0.1) is 0 Å². The van der Waals surface area contributed by atoms with Crippen LogP contribution in [0.2, 0.25) is 0 Å². The summed E-state index contributed by atoms with van der Waals surface area (Å²) in [4.78, 5) is 7.99. The molecule has 0 atom stereocenters. The lowest BCUT2D eigenvalue weighted by Gasteiger charge is -2.03. The van der Waals surface area contributed by atoms with Crippen LogP contribution in [0.4, 0.5) is 5.82 Å². The fourth-order valence-electron chi connectivity index (χ4n) is 2.11. The third kappa shape index (κ3) is 2.01. The van der Waals surface area contributed by atoms with E-state index in [-0.39, 0.29) is 0 Å². The SMILES string of the molecule is C=C(C)Cc1nc2c(c(NC)[nH+]1)CCC2. The monoisotopic (exact) mass is 204 g/mol. The van der Waals surface area contributed by atoms with Crippen molar-refractivity contribution in [3.05, 3.63) is 29.2 Å². The third-order valence-corrected chi connectivity index (χ3v) is 2.75. The van der Waals surface area contributed by atoms with Gasteiger partial charge in [0.15, 0.2) is 0 Å². The summed E-state index contributed by atoms with van der Waals surface area (Å²) >= 11 is 0. The van der Waals surface area contributed by atoms with Crippen molar-refractivity contribution >= 4 is 5.82 Å². The highest BCUT2D eigenvalue weighted by atomic mass is 15.0. The Morgan fingerprint density at radius 1 is 1.53 bits per heavy atom. The Morgan fingerprint density at radius 3 is 3.00 bits per heavy atom. The summed E-state index contributed by atoms with van der Waals surface area (Å²) in [5.41, 5.74) is 3.76. The first-order chi connectivity index (χ1) is 7.20. The second-order valence-electron chi connectivity index (χ2n) is 4.22. The van der Waals surface area contributed by atoms with Crippen molar-refractivity contribution < 1.29 is 4.98 Å². The maximum absolute atomic E-state index is 4.65. The quantitative estimate of drug-likeness (QED) is 0.759. The first kappa shape index (κ1) is 10.1. The second-order valence-corrected chi connectivity index (χ2v) is 4.22. The number of aryl methyl sites for hydroxylation is 1. The van der Waals surface area contributed by atoms with E-state index in [1.165, 1.54) is 17.7 Å². The molecule has 1 aliphatic carbocycles. The van der Waals surface area contributed by atoms with Gasteiger partial charge >= 0.3 is 0 Å². The minimum Gasteiger partial charge on any atom is -0.308 e. The molecular formula is C12H18N3+. The molecule has 0 saturated heterocycles. The number of nitrogens with zero attached hydrogens (tertiary/aromatic N) is 1. The molecule has 1 aromatic rings. The molecule has 0 bridgehead atoms. The highest BCUT2D eigenvalue weighted by Crippen LogP contribution is 2.24. The number of anilines is 1. The number of fused-ring (bicyclic) bond motifs is 1. The zero-order valence-electron chi connectivity index (χ0n) is 9.48. The van der Waals surface area contributed by atoms with Crippen LogP contribution in [0.5, 0.6) is 0 Å². The van der Waals surface area contributed by atoms with Gasteiger partial charge < -0.3 is 5.32 Å². The Balaban J connectivity index is 2.38. The van der Waals surface area contributed by atoms with Gasteiger partial charge in [0, 0.05) is 13.5 Å². The molecule has 0 fully saturated rings. The summed E-state index contributed by atoms with van der Waals surface area (Å²) < 4.78 is 0. The maximum Gasteiger partial charge on any atom is 0.240 e. The van der Waals surface area contributed by atoms with E-state index in [1.54, 1.807) is 0 Å². The molecule has 0 saturated carbocycles. The van der Waals surface area contributed by atoms with Crippen LogP contribution in [0.15, 0.2) is 12.2 Å². The molecular weight excluding hydrogens is 186 g/mol. The smallest absolute Gasteiger partial charge is 0.240 e. The average Bonchev–Trinajstić information content (AvgIpc) is 2.63. The maximum atomic E-state index is 4.65. The lowest BCUT2D eigenvalue weighted by molar-refractivity contribution is -0.378. The molecule has 0 amide bonds. The van der Waals surface area contributed by atoms with E-state index in [0.29, 0.717) is 0 Å². The van der Waals surface area contributed by atoms with Crippen molar-refractivity contribution in [1.82, 2.24) is 4.98 Å². The molecule has 1 heterocycles. The number of hydrogen-bond donors (Lipinski definition) is 1. The van der Waals surface area contributed by atoms with Gasteiger partial charge in [-0.15, -0.1) is 4.98 Å². The lowest BCUT2D eigenvalue weighted by Crippen LogP contribution is -2.21. The zero-order valence-corrected chi connectivity index (χ0v) is 9.48. The third-order valence-electron chi connectivity index (χ3n) is 2.75. The van der Waals surface area contributed by atoms with E-state index >= 15 is 0 Å². The topological polar surface area (TPSA) is 39.1 Å². The Kier molecular flexibility index (Phi) is 2.71. The summed E-state index contributed by atoms with van der Waals surface area (Å²) in [6.07, 6.45) is 4.31. The first-order valence-corrected chi connectivity index (χ1v) is 5.46. The Labute approximate surface area is 90.6 Å². The summed E-state index contributed by atoms with van der Waals surface area (Å²) in [7, 11) is 1.95. The number of aromatic amines is 1. The molecule has 2 rings (SSSR count). The van der Waals surface area contributed by atoms with E-state index < -0.39 is 0 Å². The lowest BCUT2D eigenvalue weighted by atomic mass is 10.2. The Morgan fingerprint density at radius 2 is 2.33 bits per heavy atom.